The number of nitrogens with one attached hydrogen (secondary N) is 1. The van der Waals surface area contributed by atoms with Crippen molar-refractivity contribution < 1.29 is 9.13 Å². The fourth-order valence-electron chi connectivity index (χ4n) is 2.67. The van der Waals surface area contributed by atoms with E-state index in [0.29, 0.717) is 12.0 Å². The van der Waals surface area contributed by atoms with E-state index in [1.807, 2.05) is 24.3 Å². The summed E-state index contributed by atoms with van der Waals surface area (Å²) in [6.07, 6.45) is 1.16. The Morgan fingerprint density at radius 3 is 2.90 bits per heavy atom. The molecule has 0 spiro atoms. The minimum atomic E-state index is -0.228. The third-order valence-electron chi connectivity index (χ3n) is 3.78. The van der Waals surface area contributed by atoms with Crippen molar-refractivity contribution in [1.82, 2.24) is 5.43 Å². The molecule has 110 valence electrons. The standard InChI is InChI=1S/C16H16BrFN2O/c17-12-5-6-13(18)11(7-12)8-14(20-19)16-9-10-3-1-2-4-15(10)21-16/h1-7,14,16,20H,8-9,19H2. The lowest BCUT2D eigenvalue weighted by Gasteiger charge is -2.23. The lowest BCUT2D eigenvalue weighted by molar-refractivity contribution is 0.177. The largest absolute Gasteiger partial charge is 0.488 e. The van der Waals surface area contributed by atoms with Gasteiger partial charge in [-0.3, -0.25) is 11.3 Å². The highest BCUT2D eigenvalue weighted by Crippen LogP contribution is 2.30. The molecule has 2 aromatic carbocycles. The van der Waals surface area contributed by atoms with E-state index in [1.54, 1.807) is 12.1 Å². The summed E-state index contributed by atoms with van der Waals surface area (Å²) >= 11 is 3.37. The molecule has 0 aromatic heterocycles. The molecule has 0 saturated heterocycles. The molecule has 2 atom stereocenters. The van der Waals surface area contributed by atoms with Gasteiger partial charge in [-0.15, -0.1) is 0 Å². The maximum absolute atomic E-state index is 13.9. The van der Waals surface area contributed by atoms with Crippen molar-refractivity contribution in [2.45, 2.75) is 25.0 Å². The number of hydrazine groups is 1. The number of rotatable bonds is 4. The van der Waals surface area contributed by atoms with E-state index in [2.05, 4.69) is 21.4 Å². The molecule has 1 aliphatic rings. The Labute approximate surface area is 131 Å². The number of hydrogen-bond acceptors (Lipinski definition) is 3. The number of benzene rings is 2. The summed E-state index contributed by atoms with van der Waals surface area (Å²) < 4.78 is 20.7. The number of para-hydroxylation sites is 1. The average Bonchev–Trinajstić information content (AvgIpc) is 2.91. The molecule has 1 heterocycles. The number of nitrogens with two attached hydrogens (primary N) is 1. The van der Waals surface area contributed by atoms with Crippen LogP contribution in [0.4, 0.5) is 4.39 Å². The Morgan fingerprint density at radius 2 is 2.14 bits per heavy atom. The van der Waals surface area contributed by atoms with Crippen LogP contribution in [-0.2, 0) is 12.8 Å². The quantitative estimate of drug-likeness (QED) is 0.658. The van der Waals surface area contributed by atoms with Crippen LogP contribution in [-0.4, -0.2) is 12.1 Å². The van der Waals surface area contributed by atoms with Crippen LogP contribution in [0, 0.1) is 5.82 Å². The van der Waals surface area contributed by atoms with Crippen LogP contribution in [0.2, 0.25) is 0 Å². The molecule has 3 rings (SSSR count). The minimum absolute atomic E-state index is 0.0919. The molecule has 3 nitrogen and oxygen atoms in total. The predicted octanol–water partition coefficient (Wildman–Crippen LogP) is 2.97. The molecule has 3 N–H and O–H groups in total. The first kappa shape index (κ1) is 14.5. The van der Waals surface area contributed by atoms with Gasteiger partial charge < -0.3 is 4.74 Å². The van der Waals surface area contributed by atoms with Gasteiger partial charge in [0.05, 0.1) is 6.04 Å². The highest BCUT2D eigenvalue weighted by Gasteiger charge is 2.30. The first-order valence-corrected chi connectivity index (χ1v) is 7.61. The third kappa shape index (κ3) is 3.10. The van der Waals surface area contributed by atoms with E-state index in [9.17, 15) is 4.39 Å². The van der Waals surface area contributed by atoms with Crippen molar-refractivity contribution in [3.8, 4) is 5.75 Å². The molecule has 0 bridgehead atoms. The van der Waals surface area contributed by atoms with Gasteiger partial charge in [0.25, 0.3) is 0 Å². The molecule has 2 aromatic rings. The van der Waals surface area contributed by atoms with Gasteiger partial charge >= 0.3 is 0 Å². The highest BCUT2D eigenvalue weighted by molar-refractivity contribution is 9.10. The molecule has 1 aliphatic heterocycles. The fourth-order valence-corrected chi connectivity index (χ4v) is 3.08. The second kappa shape index (κ2) is 6.13. The number of halogens is 2. The Kier molecular flexibility index (Phi) is 4.24. The zero-order valence-electron chi connectivity index (χ0n) is 11.4. The van der Waals surface area contributed by atoms with Crippen LogP contribution in [0.15, 0.2) is 46.9 Å². The second-order valence-corrected chi connectivity index (χ2v) is 6.10. The summed E-state index contributed by atoms with van der Waals surface area (Å²) in [5.41, 5.74) is 4.55. The molecule has 2 unspecified atom stereocenters. The van der Waals surface area contributed by atoms with Crippen molar-refractivity contribution in [2.24, 2.45) is 5.84 Å². The summed E-state index contributed by atoms with van der Waals surface area (Å²) in [7, 11) is 0. The van der Waals surface area contributed by atoms with Gasteiger partial charge in [0.2, 0.25) is 0 Å². The smallest absolute Gasteiger partial charge is 0.126 e. The van der Waals surface area contributed by atoms with Gasteiger partial charge in [-0.05, 0) is 41.8 Å². The summed E-state index contributed by atoms with van der Waals surface area (Å²) in [4.78, 5) is 0. The van der Waals surface area contributed by atoms with Crippen molar-refractivity contribution in [1.29, 1.82) is 0 Å². The molecule has 21 heavy (non-hydrogen) atoms. The molecule has 0 fully saturated rings. The van der Waals surface area contributed by atoms with E-state index in [4.69, 9.17) is 10.6 Å². The van der Waals surface area contributed by atoms with Crippen LogP contribution in [0.25, 0.3) is 0 Å². The molecule has 5 heteroatoms. The Hall–Kier alpha value is -1.43. The van der Waals surface area contributed by atoms with Crippen molar-refractivity contribution in [3.63, 3.8) is 0 Å². The summed E-state index contributed by atoms with van der Waals surface area (Å²) in [5.74, 6) is 6.32. The Balaban J connectivity index is 1.76. The molecule has 0 aliphatic carbocycles. The number of fused-ring (bicyclic) bond motifs is 1. The van der Waals surface area contributed by atoms with E-state index < -0.39 is 0 Å². The summed E-state index contributed by atoms with van der Waals surface area (Å²) in [5, 5.41) is 0. The molecular formula is C16H16BrFN2O. The van der Waals surface area contributed by atoms with Gasteiger partial charge in [-0.2, -0.15) is 0 Å². The Bertz CT molecular complexity index is 625. The lowest BCUT2D eigenvalue weighted by atomic mass is 9.98. The first-order valence-electron chi connectivity index (χ1n) is 6.82. The SMILES string of the molecule is NNC(Cc1cc(Br)ccc1F)C1Cc2ccccc2O1. The van der Waals surface area contributed by atoms with Gasteiger partial charge in [-0.1, -0.05) is 34.1 Å². The summed E-state index contributed by atoms with van der Waals surface area (Å²) in [6.45, 7) is 0. The average molecular weight is 351 g/mol. The number of hydrogen-bond donors (Lipinski definition) is 2. The van der Waals surface area contributed by atoms with Gasteiger partial charge in [-0.25, -0.2) is 4.39 Å². The van der Waals surface area contributed by atoms with Crippen molar-refractivity contribution in [3.05, 3.63) is 63.9 Å². The van der Waals surface area contributed by atoms with Crippen LogP contribution in [0.3, 0.4) is 0 Å². The van der Waals surface area contributed by atoms with Crippen LogP contribution in [0.1, 0.15) is 11.1 Å². The molecule has 0 amide bonds. The molecular weight excluding hydrogens is 335 g/mol. The highest BCUT2D eigenvalue weighted by atomic mass is 79.9. The maximum Gasteiger partial charge on any atom is 0.126 e. The van der Waals surface area contributed by atoms with E-state index in [-0.39, 0.29) is 18.0 Å². The van der Waals surface area contributed by atoms with E-state index in [0.717, 1.165) is 22.2 Å². The first-order chi connectivity index (χ1) is 10.2. The lowest BCUT2D eigenvalue weighted by Crippen LogP contribution is -2.47. The minimum Gasteiger partial charge on any atom is -0.488 e. The zero-order valence-corrected chi connectivity index (χ0v) is 12.9. The zero-order chi connectivity index (χ0) is 14.8. The van der Waals surface area contributed by atoms with Crippen LogP contribution >= 0.6 is 15.9 Å². The number of ether oxygens (including phenoxy) is 1. The van der Waals surface area contributed by atoms with Crippen molar-refractivity contribution in [2.75, 3.05) is 0 Å². The topological polar surface area (TPSA) is 47.3 Å². The maximum atomic E-state index is 13.9. The monoisotopic (exact) mass is 350 g/mol. The van der Waals surface area contributed by atoms with E-state index >= 15 is 0 Å². The molecule has 0 saturated carbocycles. The van der Waals surface area contributed by atoms with E-state index in [1.165, 1.54) is 6.07 Å². The second-order valence-electron chi connectivity index (χ2n) is 5.18. The predicted molar refractivity (Wildman–Crippen MR) is 83.5 cm³/mol. The van der Waals surface area contributed by atoms with Gasteiger partial charge in [0, 0.05) is 10.9 Å². The van der Waals surface area contributed by atoms with Crippen LogP contribution < -0.4 is 16.0 Å². The van der Waals surface area contributed by atoms with Gasteiger partial charge in [0.15, 0.2) is 0 Å². The van der Waals surface area contributed by atoms with Crippen LogP contribution in [0.5, 0.6) is 5.75 Å². The van der Waals surface area contributed by atoms with Gasteiger partial charge in [0.1, 0.15) is 17.7 Å². The van der Waals surface area contributed by atoms with Crippen molar-refractivity contribution >= 4 is 15.9 Å². The molecule has 0 radical (unpaired) electrons. The Morgan fingerprint density at radius 1 is 1.33 bits per heavy atom. The third-order valence-corrected chi connectivity index (χ3v) is 4.28. The summed E-state index contributed by atoms with van der Waals surface area (Å²) in [6, 6.07) is 12.7. The normalized spacial score (nSPS) is 18.1. The fraction of sp³-hybridized carbons (Fsp3) is 0.250.